The predicted octanol–water partition coefficient (Wildman–Crippen LogP) is 3.51. The van der Waals surface area contributed by atoms with Gasteiger partial charge in [0.2, 0.25) is 0 Å². The van der Waals surface area contributed by atoms with E-state index < -0.39 is 5.97 Å². The molecule has 2 aromatic carbocycles. The van der Waals surface area contributed by atoms with Crippen molar-refractivity contribution in [3.8, 4) is 5.75 Å². The fourth-order valence-electron chi connectivity index (χ4n) is 1.96. The average molecular weight is 313 g/mol. The van der Waals surface area contributed by atoms with Crippen LogP contribution in [0.4, 0.5) is 5.69 Å². The lowest BCUT2D eigenvalue weighted by molar-refractivity contribution is 0.0600. The third-order valence-corrected chi connectivity index (χ3v) is 3.13. The van der Waals surface area contributed by atoms with E-state index in [1.165, 1.54) is 7.11 Å². The minimum absolute atomic E-state index is 0.256. The van der Waals surface area contributed by atoms with E-state index >= 15 is 0 Å². The number of esters is 1. The molecular formula is C18H19NO4. The number of hydrogen-bond acceptors (Lipinski definition) is 4. The van der Waals surface area contributed by atoms with Gasteiger partial charge in [0, 0.05) is 17.3 Å². The first kappa shape index (κ1) is 16.5. The largest absolute Gasteiger partial charge is 0.494 e. The van der Waals surface area contributed by atoms with Crippen molar-refractivity contribution in [2.45, 2.75) is 13.3 Å². The van der Waals surface area contributed by atoms with Crippen LogP contribution in [0.15, 0.2) is 48.5 Å². The Morgan fingerprint density at radius 1 is 1.04 bits per heavy atom. The van der Waals surface area contributed by atoms with Crippen LogP contribution in [0.3, 0.4) is 0 Å². The average Bonchev–Trinajstić information content (AvgIpc) is 2.59. The van der Waals surface area contributed by atoms with Crippen LogP contribution in [0.25, 0.3) is 0 Å². The maximum absolute atomic E-state index is 12.2. The van der Waals surface area contributed by atoms with Crippen LogP contribution in [0.2, 0.25) is 0 Å². The second-order valence-electron chi connectivity index (χ2n) is 4.90. The molecule has 0 atom stereocenters. The van der Waals surface area contributed by atoms with E-state index in [0.717, 1.165) is 6.42 Å². The smallest absolute Gasteiger partial charge is 0.337 e. The van der Waals surface area contributed by atoms with Crippen molar-refractivity contribution in [1.29, 1.82) is 0 Å². The zero-order valence-electron chi connectivity index (χ0n) is 13.2. The highest BCUT2D eigenvalue weighted by molar-refractivity contribution is 6.04. The van der Waals surface area contributed by atoms with Gasteiger partial charge in [0.15, 0.2) is 0 Å². The summed E-state index contributed by atoms with van der Waals surface area (Å²) in [5, 5.41) is 2.80. The highest BCUT2D eigenvalue weighted by atomic mass is 16.5. The number of nitrogens with one attached hydrogen (secondary N) is 1. The first-order valence-corrected chi connectivity index (χ1v) is 7.36. The maximum atomic E-state index is 12.2. The topological polar surface area (TPSA) is 64.6 Å². The van der Waals surface area contributed by atoms with Crippen LogP contribution in [-0.2, 0) is 4.74 Å². The maximum Gasteiger partial charge on any atom is 0.337 e. The molecule has 0 saturated carbocycles. The molecule has 0 spiro atoms. The molecule has 2 rings (SSSR count). The lowest BCUT2D eigenvalue weighted by atomic mass is 10.1. The molecule has 5 nitrogen and oxygen atoms in total. The molecule has 0 aromatic heterocycles. The summed E-state index contributed by atoms with van der Waals surface area (Å²) in [5.41, 5.74) is 1.51. The van der Waals surface area contributed by atoms with Gasteiger partial charge >= 0.3 is 5.97 Å². The molecule has 23 heavy (non-hydrogen) atoms. The van der Waals surface area contributed by atoms with Crippen molar-refractivity contribution in [3.05, 3.63) is 59.7 Å². The third-order valence-electron chi connectivity index (χ3n) is 3.13. The first-order valence-electron chi connectivity index (χ1n) is 7.36. The minimum atomic E-state index is -0.433. The highest BCUT2D eigenvalue weighted by Crippen LogP contribution is 2.18. The van der Waals surface area contributed by atoms with Crippen LogP contribution >= 0.6 is 0 Å². The SMILES string of the molecule is CCCOc1cccc(NC(=O)c2ccc(C(=O)OC)cc2)c1. The summed E-state index contributed by atoms with van der Waals surface area (Å²) < 4.78 is 10.2. The zero-order valence-corrected chi connectivity index (χ0v) is 13.2. The van der Waals surface area contributed by atoms with E-state index in [9.17, 15) is 9.59 Å². The Labute approximate surface area is 135 Å². The Balaban J connectivity index is 2.05. The molecule has 0 bridgehead atoms. The standard InChI is InChI=1S/C18H19NO4/c1-3-11-23-16-6-4-5-15(12-16)19-17(20)13-7-9-14(10-8-13)18(21)22-2/h4-10,12H,3,11H2,1-2H3,(H,19,20). The minimum Gasteiger partial charge on any atom is -0.494 e. The number of methoxy groups -OCH3 is 1. The van der Waals surface area contributed by atoms with Gasteiger partial charge < -0.3 is 14.8 Å². The lowest BCUT2D eigenvalue weighted by Gasteiger charge is -2.09. The van der Waals surface area contributed by atoms with Gasteiger partial charge in [-0.2, -0.15) is 0 Å². The third kappa shape index (κ3) is 4.57. The second kappa shape index (κ2) is 7.98. The number of benzene rings is 2. The summed E-state index contributed by atoms with van der Waals surface area (Å²) in [6.07, 6.45) is 0.920. The Morgan fingerprint density at radius 3 is 2.39 bits per heavy atom. The highest BCUT2D eigenvalue weighted by Gasteiger charge is 2.09. The van der Waals surface area contributed by atoms with Gasteiger partial charge in [0.1, 0.15) is 5.75 Å². The molecule has 0 aliphatic rings. The van der Waals surface area contributed by atoms with Crippen molar-refractivity contribution in [1.82, 2.24) is 0 Å². The van der Waals surface area contributed by atoms with Crippen LogP contribution in [-0.4, -0.2) is 25.6 Å². The van der Waals surface area contributed by atoms with Crippen molar-refractivity contribution < 1.29 is 19.1 Å². The number of amides is 1. The number of hydrogen-bond donors (Lipinski definition) is 1. The molecule has 5 heteroatoms. The molecule has 0 aliphatic heterocycles. The fourth-order valence-corrected chi connectivity index (χ4v) is 1.96. The molecule has 0 radical (unpaired) electrons. The summed E-state index contributed by atoms with van der Waals surface area (Å²) >= 11 is 0. The van der Waals surface area contributed by atoms with E-state index in [1.807, 2.05) is 19.1 Å². The van der Waals surface area contributed by atoms with E-state index in [-0.39, 0.29) is 5.91 Å². The van der Waals surface area contributed by atoms with Crippen LogP contribution in [0.1, 0.15) is 34.1 Å². The molecule has 120 valence electrons. The zero-order chi connectivity index (χ0) is 16.7. The van der Waals surface area contributed by atoms with Gasteiger partial charge in [0.05, 0.1) is 19.3 Å². The van der Waals surface area contributed by atoms with Crippen molar-refractivity contribution in [3.63, 3.8) is 0 Å². The van der Waals surface area contributed by atoms with Gasteiger partial charge in [0.25, 0.3) is 5.91 Å². The Kier molecular flexibility index (Phi) is 5.74. The Bertz CT molecular complexity index is 680. The Hall–Kier alpha value is -2.82. The molecule has 0 fully saturated rings. The summed E-state index contributed by atoms with van der Waals surface area (Å²) in [7, 11) is 1.32. The summed E-state index contributed by atoms with van der Waals surface area (Å²) in [4.78, 5) is 23.6. The number of rotatable bonds is 6. The summed E-state index contributed by atoms with van der Waals surface area (Å²) in [6.45, 7) is 2.66. The number of carbonyl (C=O) groups is 2. The summed E-state index contributed by atoms with van der Waals surface area (Å²) in [6, 6.07) is 13.5. The van der Waals surface area contributed by atoms with Crippen molar-refractivity contribution in [2.24, 2.45) is 0 Å². The lowest BCUT2D eigenvalue weighted by Crippen LogP contribution is -2.12. The normalized spacial score (nSPS) is 10.0. The molecule has 0 aliphatic carbocycles. The Morgan fingerprint density at radius 2 is 1.74 bits per heavy atom. The quantitative estimate of drug-likeness (QED) is 0.829. The molecule has 2 aromatic rings. The van der Waals surface area contributed by atoms with Gasteiger partial charge in [-0.15, -0.1) is 0 Å². The summed E-state index contributed by atoms with van der Waals surface area (Å²) in [5.74, 6) is 0.0254. The number of ether oxygens (including phenoxy) is 2. The molecule has 0 unspecified atom stereocenters. The first-order chi connectivity index (χ1) is 11.1. The molecule has 1 N–H and O–H groups in total. The van der Waals surface area contributed by atoms with Gasteiger partial charge in [-0.25, -0.2) is 4.79 Å². The van der Waals surface area contributed by atoms with E-state index in [4.69, 9.17) is 4.74 Å². The fraction of sp³-hybridized carbons (Fsp3) is 0.222. The van der Waals surface area contributed by atoms with Crippen LogP contribution in [0, 0.1) is 0 Å². The van der Waals surface area contributed by atoms with Gasteiger partial charge in [-0.1, -0.05) is 13.0 Å². The van der Waals surface area contributed by atoms with E-state index in [2.05, 4.69) is 10.1 Å². The second-order valence-corrected chi connectivity index (χ2v) is 4.90. The molecular weight excluding hydrogens is 294 g/mol. The monoisotopic (exact) mass is 313 g/mol. The van der Waals surface area contributed by atoms with Crippen LogP contribution in [0.5, 0.6) is 5.75 Å². The van der Waals surface area contributed by atoms with Crippen molar-refractivity contribution >= 4 is 17.6 Å². The van der Waals surface area contributed by atoms with E-state index in [0.29, 0.717) is 29.2 Å². The van der Waals surface area contributed by atoms with Crippen LogP contribution < -0.4 is 10.1 Å². The van der Waals surface area contributed by atoms with Crippen molar-refractivity contribution in [2.75, 3.05) is 19.0 Å². The molecule has 1 amide bonds. The van der Waals surface area contributed by atoms with Gasteiger partial charge in [-0.05, 0) is 42.8 Å². The number of carbonyl (C=O) groups excluding carboxylic acids is 2. The number of anilines is 1. The predicted molar refractivity (Wildman–Crippen MR) is 88.0 cm³/mol. The molecule has 0 heterocycles. The van der Waals surface area contributed by atoms with E-state index in [1.54, 1.807) is 36.4 Å². The van der Waals surface area contributed by atoms with Gasteiger partial charge in [-0.3, -0.25) is 4.79 Å². The molecule has 0 saturated heterocycles.